The van der Waals surface area contributed by atoms with Gasteiger partial charge in [0, 0.05) is 26.1 Å². The van der Waals surface area contributed by atoms with Crippen LogP contribution in [-0.4, -0.2) is 37.6 Å². The van der Waals surface area contributed by atoms with Crippen molar-refractivity contribution in [3.8, 4) is 5.75 Å². The van der Waals surface area contributed by atoms with E-state index in [2.05, 4.69) is 17.4 Å². The van der Waals surface area contributed by atoms with Crippen LogP contribution in [0.2, 0.25) is 0 Å². The molecule has 1 aliphatic rings. The van der Waals surface area contributed by atoms with Gasteiger partial charge in [0.25, 0.3) is 0 Å². The summed E-state index contributed by atoms with van der Waals surface area (Å²) < 4.78 is 5.38. The van der Waals surface area contributed by atoms with E-state index in [4.69, 9.17) is 4.74 Å². The predicted molar refractivity (Wildman–Crippen MR) is 84.6 cm³/mol. The second-order valence-electron chi connectivity index (χ2n) is 6.01. The summed E-state index contributed by atoms with van der Waals surface area (Å²) in [6.45, 7) is 5.77. The van der Waals surface area contributed by atoms with Crippen molar-refractivity contribution < 1.29 is 9.53 Å². The van der Waals surface area contributed by atoms with Gasteiger partial charge in [-0.15, -0.1) is 0 Å². The lowest BCUT2D eigenvalue weighted by Gasteiger charge is -2.20. The SMILES string of the molecule is COc1c(C)cc(CN(C)C(=O)CC2CCCN2)cc1C. The molecule has 4 heteroatoms. The number of nitrogens with one attached hydrogen (secondary N) is 1. The van der Waals surface area contributed by atoms with E-state index in [1.165, 1.54) is 6.42 Å². The van der Waals surface area contributed by atoms with Crippen molar-refractivity contribution in [1.29, 1.82) is 0 Å². The number of carbonyl (C=O) groups is 1. The van der Waals surface area contributed by atoms with Crippen LogP contribution in [0.25, 0.3) is 0 Å². The van der Waals surface area contributed by atoms with Crippen LogP contribution in [0, 0.1) is 13.8 Å². The first kappa shape index (κ1) is 15.8. The van der Waals surface area contributed by atoms with Gasteiger partial charge in [0.1, 0.15) is 5.75 Å². The second kappa shape index (κ2) is 6.94. The molecular weight excluding hydrogens is 264 g/mol. The molecule has 0 saturated carbocycles. The zero-order valence-electron chi connectivity index (χ0n) is 13.5. The Kier molecular flexibility index (Phi) is 5.23. The van der Waals surface area contributed by atoms with Gasteiger partial charge in [-0.05, 0) is 49.9 Å². The van der Waals surface area contributed by atoms with Gasteiger partial charge < -0.3 is 15.0 Å². The first-order chi connectivity index (χ1) is 10.0. The third kappa shape index (κ3) is 3.97. The Labute approximate surface area is 127 Å². The predicted octanol–water partition coefficient (Wildman–Crippen LogP) is 2.41. The van der Waals surface area contributed by atoms with Gasteiger partial charge in [-0.1, -0.05) is 12.1 Å². The van der Waals surface area contributed by atoms with Crippen LogP contribution < -0.4 is 10.1 Å². The van der Waals surface area contributed by atoms with Crippen molar-refractivity contribution >= 4 is 5.91 Å². The van der Waals surface area contributed by atoms with Gasteiger partial charge in [-0.3, -0.25) is 4.79 Å². The lowest BCUT2D eigenvalue weighted by molar-refractivity contribution is -0.130. The highest BCUT2D eigenvalue weighted by Crippen LogP contribution is 2.25. The molecule has 1 unspecified atom stereocenters. The van der Waals surface area contributed by atoms with Crippen molar-refractivity contribution in [2.45, 2.75) is 45.7 Å². The monoisotopic (exact) mass is 290 g/mol. The van der Waals surface area contributed by atoms with Gasteiger partial charge in [0.05, 0.1) is 7.11 Å². The van der Waals surface area contributed by atoms with Gasteiger partial charge in [-0.25, -0.2) is 0 Å². The third-order valence-electron chi connectivity index (χ3n) is 4.15. The fourth-order valence-electron chi connectivity index (χ4n) is 3.11. The first-order valence-corrected chi connectivity index (χ1v) is 7.62. The highest BCUT2D eigenvalue weighted by atomic mass is 16.5. The molecule has 2 rings (SSSR count). The van der Waals surface area contributed by atoms with Crippen molar-refractivity contribution in [3.63, 3.8) is 0 Å². The second-order valence-corrected chi connectivity index (χ2v) is 6.01. The maximum atomic E-state index is 12.3. The zero-order valence-corrected chi connectivity index (χ0v) is 13.5. The van der Waals surface area contributed by atoms with Crippen molar-refractivity contribution in [2.24, 2.45) is 0 Å². The quantitative estimate of drug-likeness (QED) is 0.905. The molecule has 0 bridgehead atoms. The number of carbonyl (C=O) groups excluding carboxylic acids is 1. The molecule has 0 aromatic heterocycles. The minimum Gasteiger partial charge on any atom is -0.496 e. The molecule has 116 valence electrons. The largest absolute Gasteiger partial charge is 0.496 e. The fraction of sp³-hybridized carbons (Fsp3) is 0.588. The van der Waals surface area contributed by atoms with Gasteiger partial charge in [0.2, 0.25) is 5.91 Å². The van der Waals surface area contributed by atoms with E-state index in [-0.39, 0.29) is 5.91 Å². The number of benzene rings is 1. The minimum atomic E-state index is 0.209. The van der Waals surface area contributed by atoms with Crippen molar-refractivity contribution in [2.75, 3.05) is 20.7 Å². The van der Waals surface area contributed by atoms with Crippen LogP contribution in [0.15, 0.2) is 12.1 Å². The number of amides is 1. The van der Waals surface area contributed by atoms with Crippen LogP contribution >= 0.6 is 0 Å². The first-order valence-electron chi connectivity index (χ1n) is 7.62. The molecule has 1 atom stereocenters. The van der Waals surface area contributed by atoms with Crippen LogP contribution in [-0.2, 0) is 11.3 Å². The molecule has 0 spiro atoms. The van der Waals surface area contributed by atoms with Crippen LogP contribution in [0.1, 0.15) is 36.0 Å². The third-order valence-corrected chi connectivity index (χ3v) is 4.15. The van der Waals surface area contributed by atoms with E-state index in [0.717, 1.165) is 35.4 Å². The summed E-state index contributed by atoms with van der Waals surface area (Å²) in [5, 5.41) is 3.38. The molecule has 1 amide bonds. The van der Waals surface area contributed by atoms with E-state index in [9.17, 15) is 4.79 Å². The van der Waals surface area contributed by atoms with E-state index < -0.39 is 0 Å². The van der Waals surface area contributed by atoms with Gasteiger partial charge in [0.15, 0.2) is 0 Å². The molecule has 4 nitrogen and oxygen atoms in total. The average molecular weight is 290 g/mol. The Morgan fingerprint density at radius 1 is 1.38 bits per heavy atom. The number of hydrogen-bond donors (Lipinski definition) is 1. The van der Waals surface area contributed by atoms with E-state index in [1.54, 1.807) is 7.11 Å². The summed E-state index contributed by atoms with van der Waals surface area (Å²) in [6.07, 6.45) is 2.89. The Morgan fingerprint density at radius 2 is 2.05 bits per heavy atom. The topological polar surface area (TPSA) is 41.6 Å². The molecular formula is C17H26N2O2. The van der Waals surface area contributed by atoms with Crippen LogP contribution in [0.4, 0.5) is 0 Å². The summed E-state index contributed by atoms with van der Waals surface area (Å²) >= 11 is 0. The maximum absolute atomic E-state index is 12.3. The molecule has 1 aromatic carbocycles. The maximum Gasteiger partial charge on any atom is 0.224 e. The molecule has 0 aliphatic carbocycles. The van der Waals surface area contributed by atoms with Gasteiger partial charge in [-0.2, -0.15) is 0 Å². The average Bonchev–Trinajstić information content (AvgIpc) is 2.91. The zero-order chi connectivity index (χ0) is 15.4. The fourth-order valence-corrected chi connectivity index (χ4v) is 3.11. The van der Waals surface area contributed by atoms with E-state index in [0.29, 0.717) is 19.0 Å². The number of methoxy groups -OCH3 is 1. The number of aryl methyl sites for hydroxylation is 2. The number of rotatable bonds is 5. The summed E-state index contributed by atoms with van der Waals surface area (Å²) in [5.41, 5.74) is 3.39. The molecule has 21 heavy (non-hydrogen) atoms. The molecule has 1 aromatic rings. The molecule has 1 fully saturated rings. The van der Waals surface area contributed by atoms with E-state index >= 15 is 0 Å². The molecule has 1 heterocycles. The molecule has 1 saturated heterocycles. The summed E-state index contributed by atoms with van der Waals surface area (Å²) in [7, 11) is 3.57. The Hall–Kier alpha value is -1.55. The molecule has 1 aliphatic heterocycles. The summed E-state index contributed by atoms with van der Waals surface area (Å²) in [4.78, 5) is 14.1. The highest BCUT2D eigenvalue weighted by molar-refractivity contribution is 5.76. The Morgan fingerprint density at radius 3 is 2.57 bits per heavy atom. The Balaban J connectivity index is 1.98. The smallest absolute Gasteiger partial charge is 0.224 e. The summed E-state index contributed by atoms with van der Waals surface area (Å²) in [5.74, 6) is 1.14. The minimum absolute atomic E-state index is 0.209. The molecule has 1 N–H and O–H groups in total. The normalized spacial score (nSPS) is 17.8. The Bertz CT molecular complexity index is 485. The van der Waals surface area contributed by atoms with Crippen molar-refractivity contribution in [3.05, 3.63) is 28.8 Å². The lowest BCUT2D eigenvalue weighted by atomic mass is 10.0. The lowest BCUT2D eigenvalue weighted by Crippen LogP contribution is -2.33. The van der Waals surface area contributed by atoms with E-state index in [1.807, 2.05) is 25.8 Å². The summed E-state index contributed by atoms with van der Waals surface area (Å²) in [6, 6.07) is 4.56. The standard InChI is InChI=1S/C17H26N2O2/c1-12-8-14(9-13(2)17(12)21-4)11-19(3)16(20)10-15-6-5-7-18-15/h8-9,15,18H,5-7,10-11H2,1-4H3. The number of ether oxygens (including phenoxy) is 1. The highest BCUT2D eigenvalue weighted by Gasteiger charge is 2.20. The van der Waals surface area contributed by atoms with Crippen LogP contribution in [0.5, 0.6) is 5.75 Å². The van der Waals surface area contributed by atoms with Crippen LogP contribution in [0.3, 0.4) is 0 Å². The molecule has 0 radical (unpaired) electrons. The van der Waals surface area contributed by atoms with Gasteiger partial charge >= 0.3 is 0 Å². The van der Waals surface area contributed by atoms with Crippen molar-refractivity contribution in [1.82, 2.24) is 10.2 Å². The number of hydrogen-bond acceptors (Lipinski definition) is 3. The number of nitrogens with zero attached hydrogens (tertiary/aromatic N) is 1.